The van der Waals surface area contributed by atoms with Crippen LogP contribution in [-0.4, -0.2) is 4.57 Å². The van der Waals surface area contributed by atoms with E-state index in [2.05, 4.69) is 126 Å². The van der Waals surface area contributed by atoms with Crippen molar-refractivity contribution in [1.82, 2.24) is 4.57 Å². The summed E-state index contributed by atoms with van der Waals surface area (Å²) in [5.41, 5.74) is 7.26. The van der Waals surface area contributed by atoms with Crippen LogP contribution < -0.4 is 4.90 Å². The Hall–Kier alpha value is -6.38. The molecule has 2 heteroatoms. The van der Waals surface area contributed by atoms with Crippen LogP contribution >= 0.6 is 0 Å². The molecule has 1 aromatic heterocycles. The Bertz CT molecular complexity index is 2980. The standard InChI is InChI=1S/C46H30N2/c1-4-12-34(13-5-1)47(35-14-6-2-7-15-35)37-25-22-31(23-26-37)38-27-24-32-20-21-33-30-43-46(41-29-28-39(38)44(32)45(33)41)40-18-10-11-19-42(40)48(43)36-16-8-3-9-17-36/h1-30H/i3D,8D,9D,16D,17D. The minimum absolute atomic E-state index is 0.152. The van der Waals surface area contributed by atoms with Crippen molar-refractivity contribution in [3.05, 3.63) is 182 Å². The molecule has 0 fully saturated rings. The molecule has 10 rings (SSSR count). The van der Waals surface area contributed by atoms with Crippen LogP contribution in [0.1, 0.15) is 6.85 Å². The fourth-order valence-electron chi connectivity index (χ4n) is 7.57. The number of benzene rings is 9. The fraction of sp³-hybridized carbons (Fsp3) is 0. The molecule has 224 valence electrons. The van der Waals surface area contributed by atoms with E-state index in [1.165, 1.54) is 5.39 Å². The smallest absolute Gasteiger partial charge is 0.0645 e. The van der Waals surface area contributed by atoms with Gasteiger partial charge in [0.1, 0.15) is 0 Å². The summed E-state index contributed by atoms with van der Waals surface area (Å²) in [7, 11) is 0. The third kappa shape index (κ3) is 4.00. The lowest BCUT2D eigenvalue weighted by Gasteiger charge is -2.25. The number of aromatic nitrogens is 1. The van der Waals surface area contributed by atoms with Crippen molar-refractivity contribution in [2.24, 2.45) is 0 Å². The van der Waals surface area contributed by atoms with Gasteiger partial charge in [-0.3, -0.25) is 0 Å². The lowest BCUT2D eigenvalue weighted by atomic mass is 9.88. The van der Waals surface area contributed by atoms with Gasteiger partial charge in [0.25, 0.3) is 0 Å². The SMILES string of the molecule is [2H]c1c([2H])c([2H])c(-n2c3ccccc3c3c4ccc5c(-c6ccc(N(c7ccccc7)c7ccccc7)cc6)ccc6ccc(cc32)c4c65)c([2H])c1[2H]. The highest BCUT2D eigenvalue weighted by atomic mass is 15.1. The Morgan fingerprint density at radius 3 is 1.79 bits per heavy atom. The number of hydrogen-bond acceptors (Lipinski definition) is 1. The van der Waals surface area contributed by atoms with E-state index in [1.807, 2.05) is 34.9 Å². The maximum absolute atomic E-state index is 8.86. The molecule has 2 nitrogen and oxygen atoms in total. The molecule has 0 amide bonds. The van der Waals surface area contributed by atoms with E-state index in [0.29, 0.717) is 0 Å². The predicted octanol–water partition coefficient (Wildman–Crippen LogP) is 12.8. The van der Waals surface area contributed by atoms with Crippen LogP contribution in [0.15, 0.2) is 182 Å². The molecular formula is C46H30N2. The van der Waals surface area contributed by atoms with Crippen LogP contribution in [0.3, 0.4) is 0 Å². The molecule has 0 aliphatic heterocycles. The summed E-state index contributed by atoms with van der Waals surface area (Å²) in [6.45, 7) is 0. The van der Waals surface area contributed by atoms with Gasteiger partial charge in [0.15, 0.2) is 0 Å². The van der Waals surface area contributed by atoms with Crippen LogP contribution in [0.4, 0.5) is 17.1 Å². The molecule has 0 saturated carbocycles. The van der Waals surface area contributed by atoms with Gasteiger partial charge in [0, 0.05) is 33.5 Å². The Kier molecular flexibility index (Phi) is 4.89. The lowest BCUT2D eigenvalue weighted by molar-refractivity contribution is 1.18. The normalized spacial score (nSPS) is 13.2. The van der Waals surface area contributed by atoms with Gasteiger partial charge in [-0.05, 0) is 104 Å². The van der Waals surface area contributed by atoms with E-state index in [4.69, 9.17) is 6.85 Å². The average molecular weight is 616 g/mol. The van der Waals surface area contributed by atoms with Gasteiger partial charge in [-0.15, -0.1) is 0 Å². The lowest BCUT2D eigenvalue weighted by Crippen LogP contribution is -2.09. The summed E-state index contributed by atoms with van der Waals surface area (Å²) in [5, 5.41) is 8.67. The highest BCUT2D eigenvalue weighted by Crippen LogP contribution is 2.45. The Morgan fingerprint density at radius 2 is 1.04 bits per heavy atom. The molecule has 0 aliphatic carbocycles. The first-order chi connectivity index (χ1) is 25.9. The highest BCUT2D eigenvalue weighted by Gasteiger charge is 2.20. The summed E-state index contributed by atoms with van der Waals surface area (Å²) < 4.78 is 44.6. The van der Waals surface area contributed by atoms with Gasteiger partial charge < -0.3 is 9.47 Å². The molecule has 48 heavy (non-hydrogen) atoms. The van der Waals surface area contributed by atoms with Crippen LogP contribution in [0.25, 0.3) is 70.9 Å². The number of para-hydroxylation sites is 4. The van der Waals surface area contributed by atoms with Gasteiger partial charge >= 0.3 is 0 Å². The molecule has 0 spiro atoms. The van der Waals surface area contributed by atoms with Crippen LogP contribution in [0.5, 0.6) is 0 Å². The zero-order valence-corrected chi connectivity index (χ0v) is 25.8. The van der Waals surface area contributed by atoms with E-state index < -0.39 is 6.04 Å². The topological polar surface area (TPSA) is 8.17 Å². The van der Waals surface area contributed by atoms with Gasteiger partial charge in [-0.1, -0.05) is 121 Å². The van der Waals surface area contributed by atoms with E-state index >= 15 is 0 Å². The fourth-order valence-corrected chi connectivity index (χ4v) is 7.57. The van der Waals surface area contributed by atoms with E-state index in [1.54, 1.807) is 0 Å². The van der Waals surface area contributed by atoms with Crippen LogP contribution in [-0.2, 0) is 0 Å². The second-order valence-electron chi connectivity index (χ2n) is 12.2. The molecular weight excluding hydrogens is 581 g/mol. The quantitative estimate of drug-likeness (QED) is 0.175. The predicted molar refractivity (Wildman–Crippen MR) is 205 cm³/mol. The van der Waals surface area contributed by atoms with Crippen molar-refractivity contribution >= 4 is 71.2 Å². The summed E-state index contributed by atoms with van der Waals surface area (Å²) in [5.74, 6) is 0. The van der Waals surface area contributed by atoms with E-state index in [-0.39, 0.29) is 29.9 Å². The maximum Gasteiger partial charge on any atom is 0.0645 e. The summed E-state index contributed by atoms with van der Waals surface area (Å²) in [4.78, 5) is 2.26. The van der Waals surface area contributed by atoms with Crippen molar-refractivity contribution in [3.63, 3.8) is 0 Å². The number of anilines is 3. The second-order valence-corrected chi connectivity index (χ2v) is 12.2. The van der Waals surface area contributed by atoms with Crippen molar-refractivity contribution in [2.75, 3.05) is 4.90 Å². The van der Waals surface area contributed by atoms with Crippen LogP contribution in [0, 0.1) is 0 Å². The molecule has 0 unspecified atom stereocenters. The minimum Gasteiger partial charge on any atom is -0.311 e. The van der Waals surface area contributed by atoms with Gasteiger partial charge in [0.05, 0.1) is 17.9 Å². The maximum atomic E-state index is 8.86. The summed E-state index contributed by atoms with van der Waals surface area (Å²) in [6.07, 6.45) is 0. The average Bonchev–Trinajstić information content (AvgIpc) is 3.53. The molecule has 9 aromatic carbocycles. The molecule has 0 N–H and O–H groups in total. The van der Waals surface area contributed by atoms with Crippen molar-refractivity contribution in [2.45, 2.75) is 0 Å². The number of rotatable bonds is 5. The number of hydrogen-bond donors (Lipinski definition) is 0. The molecule has 0 radical (unpaired) electrons. The van der Waals surface area contributed by atoms with Crippen molar-refractivity contribution in [1.29, 1.82) is 0 Å². The third-order valence-corrected chi connectivity index (χ3v) is 9.59. The number of nitrogens with zero attached hydrogens (tertiary/aromatic N) is 2. The molecule has 0 saturated heterocycles. The molecule has 0 atom stereocenters. The molecule has 0 bridgehead atoms. The van der Waals surface area contributed by atoms with E-state index in [9.17, 15) is 0 Å². The van der Waals surface area contributed by atoms with Gasteiger partial charge in [-0.2, -0.15) is 0 Å². The Morgan fingerprint density at radius 1 is 0.438 bits per heavy atom. The van der Waals surface area contributed by atoms with E-state index in [0.717, 1.165) is 76.9 Å². The second kappa shape index (κ2) is 10.6. The Balaban J connectivity index is 1.19. The first-order valence-electron chi connectivity index (χ1n) is 18.6. The zero-order chi connectivity index (χ0) is 36.0. The van der Waals surface area contributed by atoms with Gasteiger partial charge in [-0.25, -0.2) is 0 Å². The number of fused-ring (bicyclic) bond motifs is 4. The highest BCUT2D eigenvalue weighted by molar-refractivity contribution is 6.34. The van der Waals surface area contributed by atoms with Crippen molar-refractivity contribution in [3.8, 4) is 16.8 Å². The zero-order valence-electron chi connectivity index (χ0n) is 30.8. The molecule has 10 aromatic rings. The monoisotopic (exact) mass is 615 g/mol. The minimum atomic E-state index is -0.401. The van der Waals surface area contributed by atoms with Crippen molar-refractivity contribution < 1.29 is 6.85 Å². The summed E-state index contributed by atoms with van der Waals surface area (Å²) >= 11 is 0. The summed E-state index contributed by atoms with van der Waals surface area (Å²) in [6, 6.07) is 51.2. The Labute approximate surface area is 285 Å². The van der Waals surface area contributed by atoms with Crippen LogP contribution in [0.2, 0.25) is 0 Å². The van der Waals surface area contributed by atoms with Gasteiger partial charge in [0.2, 0.25) is 0 Å². The molecule has 0 aliphatic rings. The first kappa shape index (κ1) is 22.2. The largest absolute Gasteiger partial charge is 0.311 e. The first-order valence-corrected chi connectivity index (χ1v) is 16.1. The third-order valence-electron chi connectivity index (χ3n) is 9.59. The molecule has 1 heterocycles.